The van der Waals surface area contributed by atoms with Gasteiger partial charge in [-0.3, -0.25) is 4.68 Å². The third-order valence-corrected chi connectivity index (χ3v) is 6.53. The van der Waals surface area contributed by atoms with Crippen molar-refractivity contribution in [1.82, 2.24) is 14.8 Å². The van der Waals surface area contributed by atoms with Gasteiger partial charge in [-0.2, -0.15) is 5.10 Å². The lowest BCUT2D eigenvalue weighted by atomic mass is 10.1. The molecule has 3 aromatic rings. The van der Waals surface area contributed by atoms with Crippen molar-refractivity contribution in [2.75, 3.05) is 18.0 Å². The number of rotatable bonds is 8. The fraction of sp³-hybridized carbons (Fsp3) is 0.375. The van der Waals surface area contributed by atoms with E-state index in [-0.39, 0.29) is 5.69 Å². The maximum atomic E-state index is 11.3. The standard InChI is InChI=1S/C24H28N4O2S/c1-3-4-5-7-10-18-14-19(16-28-17(2)13-20(26-28)23(29)30)22-21(15-18)31-24(25-22)27-11-8-6-9-12-27/h6-8,10,13-15H,3-5,9,11-12,16H2,1-2H3,(H,29,30). The van der Waals surface area contributed by atoms with Crippen LogP contribution in [0.5, 0.6) is 0 Å². The van der Waals surface area contributed by atoms with Crippen molar-refractivity contribution in [2.45, 2.75) is 46.1 Å². The SMILES string of the molecule is CCCCC=Cc1cc(Cn2nc(C(=O)O)cc2C)c2nc(N3CC=CCC3)sc2c1. The maximum Gasteiger partial charge on any atom is 0.356 e. The number of aromatic nitrogens is 3. The number of carboxylic acid groups (broad SMARTS) is 1. The molecule has 3 heterocycles. The number of allylic oxidation sites excluding steroid dienone is 1. The van der Waals surface area contributed by atoms with Crippen molar-refractivity contribution in [3.8, 4) is 0 Å². The molecule has 0 atom stereocenters. The Labute approximate surface area is 186 Å². The Hall–Kier alpha value is -2.93. The minimum Gasteiger partial charge on any atom is -0.476 e. The molecule has 0 aliphatic carbocycles. The number of anilines is 1. The summed E-state index contributed by atoms with van der Waals surface area (Å²) in [6.07, 6.45) is 13.3. The summed E-state index contributed by atoms with van der Waals surface area (Å²) in [5.74, 6) is -1.01. The lowest BCUT2D eigenvalue weighted by molar-refractivity contribution is 0.0689. The first-order valence-electron chi connectivity index (χ1n) is 10.8. The maximum absolute atomic E-state index is 11.3. The third kappa shape index (κ3) is 4.88. The minimum absolute atomic E-state index is 0.0726. The Morgan fingerprint density at radius 1 is 1.29 bits per heavy atom. The largest absolute Gasteiger partial charge is 0.476 e. The zero-order valence-corrected chi connectivity index (χ0v) is 18.9. The molecule has 0 unspecified atom stereocenters. The van der Waals surface area contributed by atoms with Crippen LogP contribution in [-0.4, -0.2) is 38.9 Å². The number of carbonyl (C=O) groups is 1. The molecule has 0 radical (unpaired) electrons. The number of hydrogen-bond acceptors (Lipinski definition) is 5. The van der Waals surface area contributed by atoms with Crippen LogP contribution in [0, 0.1) is 6.92 Å². The highest BCUT2D eigenvalue weighted by atomic mass is 32.1. The van der Waals surface area contributed by atoms with Gasteiger partial charge >= 0.3 is 5.97 Å². The number of unbranched alkanes of at least 4 members (excludes halogenated alkanes) is 2. The molecule has 0 bridgehead atoms. The first kappa shape index (κ1) is 21.3. The number of thiazole rings is 1. The second kappa shape index (κ2) is 9.47. The van der Waals surface area contributed by atoms with Gasteiger partial charge in [-0.25, -0.2) is 9.78 Å². The van der Waals surface area contributed by atoms with Crippen LogP contribution in [0.2, 0.25) is 0 Å². The summed E-state index contributed by atoms with van der Waals surface area (Å²) in [4.78, 5) is 18.6. The molecule has 1 N–H and O–H groups in total. The van der Waals surface area contributed by atoms with Gasteiger partial charge in [0.25, 0.3) is 0 Å². The molecule has 0 spiro atoms. The number of aromatic carboxylic acids is 1. The predicted octanol–water partition coefficient (Wildman–Crippen LogP) is 5.52. The number of benzene rings is 1. The quantitative estimate of drug-likeness (QED) is 0.372. The van der Waals surface area contributed by atoms with E-state index in [4.69, 9.17) is 4.98 Å². The van der Waals surface area contributed by atoms with Gasteiger partial charge in [0, 0.05) is 24.3 Å². The number of hydrogen-bond donors (Lipinski definition) is 1. The van der Waals surface area contributed by atoms with Crippen LogP contribution in [0.25, 0.3) is 16.3 Å². The molecular formula is C24H28N4O2S. The highest BCUT2D eigenvalue weighted by molar-refractivity contribution is 7.22. The van der Waals surface area contributed by atoms with E-state index >= 15 is 0 Å². The Morgan fingerprint density at radius 3 is 2.87 bits per heavy atom. The average molecular weight is 437 g/mol. The molecule has 0 saturated heterocycles. The number of carboxylic acids is 1. The van der Waals surface area contributed by atoms with Gasteiger partial charge in [-0.1, -0.05) is 55.4 Å². The van der Waals surface area contributed by atoms with E-state index in [1.54, 1.807) is 22.1 Å². The second-order valence-corrected chi connectivity index (χ2v) is 8.92. The van der Waals surface area contributed by atoms with Gasteiger partial charge in [-0.05, 0) is 43.5 Å². The van der Waals surface area contributed by atoms with E-state index in [0.29, 0.717) is 6.54 Å². The van der Waals surface area contributed by atoms with Crippen molar-refractivity contribution in [3.05, 3.63) is 58.9 Å². The Kier molecular flexibility index (Phi) is 6.51. The van der Waals surface area contributed by atoms with Crippen LogP contribution in [0.3, 0.4) is 0 Å². The molecule has 1 aliphatic heterocycles. The topological polar surface area (TPSA) is 71.2 Å². The molecule has 0 fully saturated rings. The monoisotopic (exact) mass is 436 g/mol. The van der Waals surface area contributed by atoms with Gasteiger partial charge in [0.2, 0.25) is 0 Å². The van der Waals surface area contributed by atoms with Gasteiger partial charge in [-0.15, -0.1) is 0 Å². The van der Waals surface area contributed by atoms with E-state index in [0.717, 1.165) is 58.1 Å². The Morgan fingerprint density at radius 2 is 2.16 bits per heavy atom. The van der Waals surface area contributed by atoms with E-state index in [9.17, 15) is 9.90 Å². The fourth-order valence-electron chi connectivity index (χ4n) is 3.76. The molecular weight excluding hydrogens is 408 g/mol. The number of aryl methyl sites for hydroxylation is 1. The average Bonchev–Trinajstić information content (AvgIpc) is 3.36. The van der Waals surface area contributed by atoms with E-state index < -0.39 is 5.97 Å². The van der Waals surface area contributed by atoms with Gasteiger partial charge in [0.1, 0.15) is 0 Å². The van der Waals surface area contributed by atoms with Crippen LogP contribution < -0.4 is 4.90 Å². The van der Waals surface area contributed by atoms with E-state index in [1.165, 1.54) is 12.8 Å². The first-order chi connectivity index (χ1) is 15.0. The van der Waals surface area contributed by atoms with Crippen molar-refractivity contribution < 1.29 is 9.90 Å². The Bertz CT molecular complexity index is 1140. The summed E-state index contributed by atoms with van der Waals surface area (Å²) in [5, 5.41) is 14.6. The highest BCUT2D eigenvalue weighted by Crippen LogP contribution is 2.33. The minimum atomic E-state index is -1.01. The lowest BCUT2D eigenvalue weighted by Crippen LogP contribution is -2.26. The van der Waals surface area contributed by atoms with Crippen molar-refractivity contribution in [2.24, 2.45) is 0 Å². The summed E-state index contributed by atoms with van der Waals surface area (Å²) in [6.45, 7) is 6.45. The Balaban J connectivity index is 1.72. The van der Waals surface area contributed by atoms with Crippen LogP contribution in [0.4, 0.5) is 5.13 Å². The molecule has 1 aromatic carbocycles. The van der Waals surface area contributed by atoms with Gasteiger partial charge in [0.15, 0.2) is 10.8 Å². The predicted molar refractivity (Wildman–Crippen MR) is 127 cm³/mol. The number of fused-ring (bicyclic) bond motifs is 1. The molecule has 0 amide bonds. The first-order valence-corrected chi connectivity index (χ1v) is 11.6. The fourth-order valence-corrected chi connectivity index (χ4v) is 4.85. The van der Waals surface area contributed by atoms with Crippen molar-refractivity contribution in [1.29, 1.82) is 0 Å². The summed E-state index contributed by atoms with van der Waals surface area (Å²) in [6, 6.07) is 5.98. The molecule has 0 saturated carbocycles. The summed E-state index contributed by atoms with van der Waals surface area (Å²) < 4.78 is 2.91. The van der Waals surface area contributed by atoms with Crippen LogP contribution in [-0.2, 0) is 6.54 Å². The van der Waals surface area contributed by atoms with Crippen LogP contribution in [0.1, 0.15) is 59.9 Å². The van der Waals surface area contributed by atoms with Crippen LogP contribution >= 0.6 is 11.3 Å². The molecule has 162 valence electrons. The van der Waals surface area contributed by atoms with Crippen molar-refractivity contribution >= 4 is 38.7 Å². The molecule has 31 heavy (non-hydrogen) atoms. The molecule has 2 aromatic heterocycles. The molecule has 6 nitrogen and oxygen atoms in total. The summed E-state index contributed by atoms with van der Waals surface area (Å²) >= 11 is 1.72. The van der Waals surface area contributed by atoms with Crippen molar-refractivity contribution in [3.63, 3.8) is 0 Å². The summed E-state index contributed by atoms with van der Waals surface area (Å²) in [7, 11) is 0. The smallest absolute Gasteiger partial charge is 0.356 e. The second-order valence-electron chi connectivity index (χ2n) is 7.91. The van der Waals surface area contributed by atoms with Crippen LogP contribution in [0.15, 0.2) is 36.4 Å². The normalized spacial score (nSPS) is 14.2. The zero-order chi connectivity index (χ0) is 21.8. The number of nitrogens with zero attached hydrogens (tertiary/aromatic N) is 4. The highest BCUT2D eigenvalue weighted by Gasteiger charge is 2.17. The van der Waals surface area contributed by atoms with Gasteiger partial charge in [0.05, 0.1) is 16.8 Å². The van der Waals surface area contributed by atoms with Gasteiger partial charge < -0.3 is 10.0 Å². The van der Waals surface area contributed by atoms with E-state index in [2.05, 4.69) is 53.4 Å². The summed E-state index contributed by atoms with van der Waals surface area (Å²) in [5.41, 5.74) is 4.09. The molecule has 1 aliphatic rings. The lowest BCUT2D eigenvalue weighted by Gasteiger charge is -2.22. The van der Waals surface area contributed by atoms with E-state index in [1.807, 2.05) is 6.92 Å². The third-order valence-electron chi connectivity index (χ3n) is 5.47. The zero-order valence-electron chi connectivity index (χ0n) is 18.0. The molecule has 4 rings (SSSR count). The molecule has 7 heteroatoms.